The van der Waals surface area contributed by atoms with Crippen molar-refractivity contribution in [2.24, 2.45) is 0 Å². The Morgan fingerprint density at radius 1 is 0.829 bits per heavy atom. The number of sulfonamides is 1. The smallest absolute Gasteiger partial charge is 0.211 e. The summed E-state index contributed by atoms with van der Waals surface area (Å²) in [7, 11) is 3.04. The first-order chi connectivity index (χ1) is 16.7. The highest BCUT2D eigenvalue weighted by Gasteiger charge is 2.36. The molecule has 0 aromatic heterocycles. The first-order valence-corrected chi connectivity index (χ1v) is 17.5. The van der Waals surface area contributed by atoms with Gasteiger partial charge in [0.1, 0.15) is 0 Å². The highest BCUT2D eigenvalue weighted by Crippen LogP contribution is 2.29. The third kappa shape index (κ3) is 19.0. The third-order valence-electron chi connectivity index (χ3n) is 7.05. The molecule has 210 valence electrons. The summed E-state index contributed by atoms with van der Waals surface area (Å²) in [6, 6.07) is 0. The fourth-order valence-corrected chi connectivity index (χ4v) is 7.15. The Balaban J connectivity index is 2.04. The van der Waals surface area contributed by atoms with Gasteiger partial charge in [0.2, 0.25) is 10.0 Å². The van der Waals surface area contributed by atoms with E-state index in [-0.39, 0.29) is 11.4 Å². The number of unbranched alkanes of at least 4 members (excludes halogenated alkanes) is 13. The first-order valence-electron chi connectivity index (χ1n) is 14.7. The largest absolute Gasteiger partial charge is 0.373 e. The summed E-state index contributed by atoms with van der Waals surface area (Å²) in [6.07, 6.45) is 22.1. The molecule has 1 unspecified atom stereocenters. The molecule has 0 aromatic carbocycles. The van der Waals surface area contributed by atoms with Crippen LogP contribution in [0.4, 0.5) is 0 Å². The number of ether oxygens (including phenoxy) is 1. The maximum absolute atomic E-state index is 12.5. The topological polar surface area (TPSA) is 55.4 Å². The lowest BCUT2D eigenvalue weighted by Crippen LogP contribution is -2.45. The van der Waals surface area contributed by atoms with Crippen molar-refractivity contribution in [3.8, 4) is 0 Å². The van der Waals surface area contributed by atoms with E-state index in [1.165, 1.54) is 89.9 Å². The van der Waals surface area contributed by atoms with Crippen LogP contribution in [0, 0.1) is 0 Å². The molecular formula is C28H59N2O3S2+. The highest BCUT2D eigenvalue weighted by atomic mass is 32.2. The second kappa shape index (κ2) is 19.3. The number of hydrogen-bond acceptors (Lipinski definition) is 4. The lowest BCUT2D eigenvalue weighted by atomic mass is 10.0. The summed E-state index contributed by atoms with van der Waals surface area (Å²) >= 11 is 1.94. The van der Waals surface area contributed by atoms with Gasteiger partial charge < -0.3 is 9.22 Å². The predicted octanol–water partition coefficient (Wildman–Crippen LogP) is 6.77. The van der Waals surface area contributed by atoms with Crippen LogP contribution in [0.15, 0.2) is 0 Å². The van der Waals surface area contributed by atoms with Crippen LogP contribution in [-0.2, 0) is 14.8 Å². The van der Waals surface area contributed by atoms with E-state index in [1.807, 2.05) is 11.8 Å². The minimum Gasteiger partial charge on any atom is -0.373 e. The van der Waals surface area contributed by atoms with Crippen LogP contribution in [0.2, 0.25) is 0 Å². The van der Waals surface area contributed by atoms with Crippen LogP contribution >= 0.6 is 11.8 Å². The summed E-state index contributed by atoms with van der Waals surface area (Å²) in [5.74, 6) is 2.25. The average molecular weight is 536 g/mol. The molecule has 1 atom stereocenters. The van der Waals surface area contributed by atoms with Crippen molar-refractivity contribution in [3.05, 3.63) is 0 Å². The summed E-state index contributed by atoms with van der Waals surface area (Å²) in [6.45, 7) is 4.32. The molecule has 35 heavy (non-hydrogen) atoms. The van der Waals surface area contributed by atoms with Gasteiger partial charge in [-0.15, -0.1) is 0 Å². The second-order valence-corrected chi connectivity index (χ2v) is 14.8. The lowest BCUT2D eigenvalue weighted by Gasteiger charge is -2.28. The Labute approximate surface area is 223 Å². The van der Waals surface area contributed by atoms with Crippen LogP contribution in [0.25, 0.3) is 0 Å². The molecule has 1 N–H and O–H groups in total. The molecule has 1 rings (SSSR count). The van der Waals surface area contributed by atoms with Crippen molar-refractivity contribution in [1.29, 1.82) is 0 Å². The van der Waals surface area contributed by atoms with Gasteiger partial charge in [-0.3, -0.25) is 0 Å². The monoisotopic (exact) mass is 535 g/mol. The van der Waals surface area contributed by atoms with Crippen LogP contribution in [-0.4, -0.2) is 76.6 Å². The van der Waals surface area contributed by atoms with E-state index in [1.54, 1.807) is 0 Å². The first kappa shape index (κ1) is 33.2. The molecule has 1 heterocycles. The van der Waals surface area contributed by atoms with Gasteiger partial charge in [0.05, 0.1) is 39.0 Å². The van der Waals surface area contributed by atoms with Gasteiger partial charge in [0, 0.05) is 25.3 Å². The molecule has 0 radical (unpaired) electrons. The molecule has 1 saturated heterocycles. The molecule has 0 aliphatic carbocycles. The second-order valence-electron chi connectivity index (χ2n) is 11.8. The van der Waals surface area contributed by atoms with Gasteiger partial charge in [-0.25, -0.2) is 13.1 Å². The van der Waals surface area contributed by atoms with E-state index in [0.717, 1.165) is 42.0 Å². The Hall–Kier alpha value is 0.180. The molecule has 0 saturated carbocycles. The van der Waals surface area contributed by atoms with Gasteiger partial charge in [0.25, 0.3) is 0 Å². The summed E-state index contributed by atoms with van der Waals surface area (Å²) in [5.41, 5.74) is -0.312. The van der Waals surface area contributed by atoms with Gasteiger partial charge in [-0.1, -0.05) is 90.4 Å². The summed E-state index contributed by atoms with van der Waals surface area (Å²) in [5, 5.41) is 0. The molecule has 1 aliphatic rings. The molecule has 1 fully saturated rings. The van der Waals surface area contributed by atoms with E-state index < -0.39 is 10.0 Å². The SMILES string of the molecule is CCCCCCCCCCCCCCCCSCC1(CNS(=O)(=O)CCC[N+](C)(C)C)CCCO1. The minimum atomic E-state index is -3.24. The third-order valence-corrected chi connectivity index (χ3v) is 9.77. The number of quaternary nitrogens is 1. The minimum absolute atomic E-state index is 0.199. The van der Waals surface area contributed by atoms with Crippen molar-refractivity contribution in [3.63, 3.8) is 0 Å². The molecule has 0 aromatic rings. The fraction of sp³-hybridized carbons (Fsp3) is 1.00. The highest BCUT2D eigenvalue weighted by molar-refractivity contribution is 7.99. The fourth-order valence-electron chi connectivity index (χ4n) is 4.76. The van der Waals surface area contributed by atoms with E-state index in [4.69, 9.17) is 4.74 Å². The Morgan fingerprint density at radius 2 is 1.37 bits per heavy atom. The van der Waals surface area contributed by atoms with Crippen LogP contribution in [0.1, 0.15) is 116 Å². The Morgan fingerprint density at radius 3 is 1.86 bits per heavy atom. The van der Waals surface area contributed by atoms with Crippen molar-refractivity contribution in [2.45, 2.75) is 122 Å². The van der Waals surface area contributed by atoms with E-state index in [2.05, 4.69) is 32.8 Å². The lowest BCUT2D eigenvalue weighted by molar-refractivity contribution is -0.870. The van der Waals surface area contributed by atoms with E-state index >= 15 is 0 Å². The van der Waals surface area contributed by atoms with E-state index in [9.17, 15) is 8.42 Å². The number of nitrogens with zero attached hydrogens (tertiary/aromatic N) is 1. The Kier molecular flexibility index (Phi) is 18.3. The summed E-state index contributed by atoms with van der Waals surface area (Å²) < 4.78 is 34.6. The standard InChI is InChI=1S/C28H59N2O3S2/c1-5-6-7-8-9-10-11-12-13-14-15-16-17-18-24-34-27-28(21-19-23-33-28)26-29-35(31,32)25-20-22-30(2,3)4/h29H,5-27H2,1-4H3/q+1. The van der Waals surface area contributed by atoms with E-state index in [0.29, 0.717) is 13.0 Å². The quantitative estimate of drug-likeness (QED) is 0.109. The zero-order chi connectivity index (χ0) is 25.9. The average Bonchev–Trinajstić information content (AvgIpc) is 3.26. The molecule has 0 bridgehead atoms. The Bertz CT molecular complexity index is 600. The van der Waals surface area contributed by atoms with Crippen molar-refractivity contribution in [2.75, 3.05) is 58.1 Å². The number of hydrogen-bond donors (Lipinski definition) is 1. The maximum atomic E-state index is 12.5. The molecular weight excluding hydrogens is 476 g/mol. The number of thioether (sulfide) groups is 1. The molecule has 5 nitrogen and oxygen atoms in total. The van der Waals surface area contributed by atoms with Crippen LogP contribution in [0.5, 0.6) is 0 Å². The van der Waals surface area contributed by atoms with Crippen molar-refractivity contribution >= 4 is 21.8 Å². The molecule has 0 spiro atoms. The molecule has 7 heteroatoms. The van der Waals surface area contributed by atoms with Gasteiger partial charge in [-0.05, 0) is 25.0 Å². The number of rotatable bonds is 24. The molecule has 0 amide bonds. The maximum Gasteiger partial charge on any atom is 0.211 e. The van der Waals surface area contributed by atoms with Crippen LogP contribution < -0.4 is 4.72 Å². The van der Waals surface area contributed by atoms with Gasteiger partial charge >= 0.3 is 0 Å². The van der Waals surface area contributed by atoms with Crippen LogP contribution in [0.3, 0.4) is 0 Å². The van der Waals surface area contributed by atoms with Gasteiger partial charge in [0.15, 0.2) is 0 Å². The zero-order valence-corrected chi connectivity index (χ0v) is 25.4. The van der Waals surface area contributed by atoms with Crippen molar-refractivity contribution in [1.82, 2.24) is 4.72 Å². The number of nitrogens with one attached hydrogen (secondary N) is 1. The normalized spacial score (nSPS) is 19.0. The predicted molar refractivity (Wildman–Crippen MR) is 155 cm³/mol. The van der Waals surface area contributed by atoms with Crippen molar-refractivity contribution < 1.29 is 17.6 Å². The summed E-state index contributed by atoms with van der Waals surface area (Å²) in [4.78, 5) is 0. The molecule has 1 aliphatic heterocycles. The zero-order valence-electron chi connectivity index (χ0n) is 23.8. The van der Waals surface area contributed by atoms with Gasteiger partial charge in [-0.2, -0.15) is 11.8 Å².